The molecule has 1 amide bonds. The first-order valence-electron chi connectivity index (χ1n) is 4.69. The Balaban J connectivity index is 2.60. The van der Waals surface area contributed by atoms with Gasteiger partial charge in [0.25, 0.3) is 0 Å². The van der Waals surface area contributed by atoms with Crippen LogP contribution in [0.1, 0.15) is 0 Å². The van der Waals surface area contributed by atoms with Gasteiger partial charge in [-0.05, 0) is 0 Å². The van der Waals surface area contributed by atoms with Gasteiger partial charge in [-0.2, -0.15) is 0 Å². The molecule has 8 heteroatoms. The predicted octanol–water partition coefficient (Wildman–Crippen LogP) is -0.327. The van der Waals surface area contributed by atoms with Crippen LogP contribution in [0, 0.1) is 0 Å². The summed E-state index contributed by atoms with van der Waals surface area (Å²) in [7, 11) is -3.95. The van der Waals surface area contributed by atoms with E-state index in [2.05, 4.69) is 5.32 Å². The highest BCUT2D eigenvalue weighted by atomic mass is 32.2. The lowest BCUT2D eigenvalue weighted by Crippen LogP contribution is -2.19. The van der Waals surface area contributed by atoms with E-state index in [9.17, 15) is 13.2 Å². The third-order valence-corrected chi connectivity index (χ3v) is 3.12. The first kappa shape index (κ1) is 11.7. The van der Waals surface area contributed by atoms with Crippen LogP contribution in [-0.4, -0.2) is 28.0 Å². The summed E-state index contributed by atoms with van der Waals surface area (Å²) in [5, 5.41) is 7.30. The SMILES string of the molecule is NS(=O)(=O)c1cc2c(cc1NC=O)OCCO2. The van der Waals surface area contributed by atoms with Gasteiger partial charge in [0.05, 0.1) is 5.69 Å². The Bertz CT molecular complexity index is 555. The Hall–Kier alpha value is -1.80. The summed E-state index contributed by atoms with van der Waals surface area (Å²) < 4.78 is 33.2. The number of rotatable bonds is 3. The quantitative estimate of drug-likeness (QED) is 0.722. The Labute approximate surface area is 97.6 Å². The average molecular weight is 258 g/mol. The predicted molar refractivity (Wildman–Crippen MR) is 58.5 cm³/mol. The summed E-state index contributed by atoms with van der Waals surface area (Å²) in [4.78, 5) is 10.2. The number of hydrogen-bond donors (Lipinski definition) is 2. The van der Waals surface area contributed by atoms with Crippen LogP contribution >= 0.6 is 0 Å². The molecule has 17 heavy (non-hydrogen) atoms. The fourth-order valence-corrected chi connectivity index (χ4v) is 2.18. The van der Waals surface area contributed by atoms with Crippen LogP contribution in [0.5, 0.6) is 11.5 Å². The van der Waals surface area contributed by atoms with Crippen LogP contribution in [-0.2, 0) is 14.8 Å². The molecule has 0 fully saturated rings. The molecule has 0 saturated heterocycles. The monoisotopic (exact) mass is 258 g/mol. The van der Waals surface area contributed by atoms with E-state index in [1.54, 1.807) is 0 Å². The van der Waals surface area contributed by atoms with Gasteiger partial charge in [-0.25, -0.2) is 13.6 Å². The molecule has 0 aromatic heterocycles. The molecule has 7 nitrogen and oxygen atoms in total. The molecule has 0 saturated carbocycles. The van der Waals surface area contributed by atoms with Crippen molar-refractivity contribution >= 4 is 22.1 Å². The zero-order valence-corrected chi connectivity index (χ0v) is 9.49. The van der Waals surface area contributed by atoms with Crippen molar-refractivity contribution in [2.24, 2.45) is 5.14 Å². The third-order valence-electron chi connectivity index (χ3n) is 2.17. The van der Waals surface area contributed by atoms with Gasteiger partial charge in [0.15, 0.2) is 11.5 Å². The number of carbonyl (C=O) groups is 1. The number of carbonyl (C=O) groups excluding carboxylic acids is 1. The minimum atomic E-state index is -3.95. The number of anilines is 1. The van der Waals surface area contributed by atoms with Crippen molar-refractivity contribution in [1.29, 1.82) is 0 Å². The number of nitrogens with one attached hydrogen (secondary N) is 1. The fourth-order valence-electron chi connectivity index (χ4n) is 1.48. The van der Waals surface area contributed by atoms with E-state index >= 15 is 0 Å². The smallest absolute Gasteiger partial charge is 0.240 e. The van der Waals surface area contributed by atoms with Crippen LogP contribution in [0.15, 0.2) is 17.0 Å². The molecule has 1 aromatic carbocycles. The molecule has 0 aliphatic carbocycles. The average Bonchev–Trinajstić information content (AvgIpc) is 2.27. The van der Waals surface area contributed by atoms with Crippen molar-refractivity contribution in [2.45, 2.75) is 4.90 Å². The van der Waals surface area contributed by atoms with E-state index in [4.69, 9.17) is 14.6 Å². The van der Waals surface area contributed by atoms with E-state index < -0.39 is 10.0 Å². The first-order chi connectivity index (χ1) is 8.02. The molecule has 92 valence electrons. The highest BCUT2D eigenvalue weighted by molar-refractivity contribution is 7.89. The van der Waals surface area contributed by atoms with E-state index in [1.807, 2.05) is 0 Å². The number of hydrogen-bond acceptors (Lipinski definition) is 5. The van der Waals surface area contributed by atoms with E-state index in [0.29, 0.717) is 25.4 Å². The molecule has 0 radical (unpaired) electrons. The summed E-state index contributed by atoms with van der Waals surface area (Å²) in [5.74, 6) is 0.657. The van der Waals surface area contributed by atoms with Crippen molar-refractivity contribution in [1.82, 2.24) is 0 Å². The zero-order valence-electron chi connectivity index (χ0n) is 8.67. The second-order valence-electron chi connectivity index (χ2n) is 3.30. The summed E-state index contributed by atoms with van der Waals surface area (Å²) in [5.41, 5.74) is 0.0618. The highest BCUT2D eigenvalue weighted by Gasteiger charge is 2.21. The lowest BCUT2D eigenvalue weighted by molar-refractivity contribution is -0.105. The van der Waals surface area contributed by atoms with Crippen molar-refractivity contribution in [3.63, 3.8) is 0 Å². The molecular formula is C9H10N2O5S. The van der Waals surface area contributed by atoms with E-state index in [-0.39, 0.29) is 16.3 Å². The van der Waals surface area contributed by atoms with Gasteiger partial charge in [0, 0.05) is 12.1 Å². The van der Waals surface area contributed by atoms with Crippen LogP contribution in [0.3, 0.4) is 0 Å². The standard InChI is InChI=1S/C9H10N2O5S/c10-17(13,14)9-4-8-7(15-1-2-16-8)3-6(9)11-5-12/h3-5H,1-2H2,(H,11,12)(H2,10,13,14). The van der Waals surface area contributed by atoms with Gasteiger partial charge in [-0.1, -0.05) is 0 Å². The molecule has 0 spiro atoms. The maximum absolute atomic E-state index is 11.3. The minimum absolute atomic E-state index is 0.0618. The normalized spacial score (nSPS) is 14.2. The zero-order chi connectivity index (χ0) is 12.5. The lowest BCUT2D eigenvalue weighted by atomic mass is 10.2. The van der Waals surface area contributed by atoms with Gasteiger partial charge in [0.1, 0.15) is 18.1 Å². The van der Waals surface area contributed by atoms with Crippen LogP contribution in [0.2, 0.25) is 0 Å². The number of sulfonamides is 1. The Morgan fingerprint density at radius 1 is 1.24 bits per heavy atom. The fraction of sp³-hybridized carbons (Fsp3) is 0.222. The number of benzene rings is 1. The van der Waals surface area contributed by atoms with Crippen molar-refractivity contribution in [3.8, 4) is 11.5 Å². The molecule has 1 aliphatic rings. The number of nitrogens with two attached hydrogens (primary N) is 1. The Morgan fingerprint density at radius 3 is 2.35 bits per heavy atom. The molecule has 0 atom stereocenters. The summed E-state index contributed by atoms with van der Waals surface area (Å²) in [6, 6.07) is 2.60. The highest BCUT2D eigenvalue weighted by Crippen LogP contribution is 2.36. The first-order valence-corrected chi connectivity index (χ1v) is 6.23. The maximum atomic E-state index is 11.3. The van der Waals surface area contributed by atoms with Gasteiger partial charge in [-0.15, -0.1) is 0 Å². The van der Waals surface area contributed by atoms with E-state index in [0.717, 1.165) is 0 Å². The Kier molecular flexibility index (Phi) is 2.90. The van der Waals surface area contributed by atoms with Gasteiger partial charge < -0.3 is 14.8 Å². The van der Waals surface area contributed by atoms with Crippen molar-refractivity contribution < 1.29 is 22.7 Å². The van der Waals surface area contributed by atoms with Crippen LogP contribution < -0.4 is 19.9 Å². The molecule has 0 bridgehead atoms. The molecule has 0 unspecified atom stereocenters. The summed E-state index contributed by atoms with van der Waals surface area (Å²) in [6.45, 7) is 0.694. The summed E-state index contributed by atoms with van der Waals surface area (Å²) >= 11 is 0. The number of primary sulfonamides is 1. The van der Waals surface area contributed by atoms with Gasteiger partial charge in [0.2, 0.25) is 16.4 Å². The minimum Gasteiger partial charge on any atom is -0.486 e. The molecule has 1 aliphatic heterocycles. The van der Waals surface area contributed by atoms with Gasteiger partial charge in [-0.3, -0.25) is 4.79 Å². The lowest BCUT2D eigenvalue weighted by Gasteiger charge is -2.20. The largest absolute Gasteiger partial charge is 0.486 e. The van der Waals surface area contributed by atoms with Crippen molar-refractivity contribution in [2.75, 3.05) is 18.5 Å². The number of amides is 1. The molecule has 3 N–H and O–H groups in total. The van der Waals surface area contributed by atoms with Crippen molar-refractivity contribution in [3.05, 3.63) is 12.1 Å². The number of ether oxygens (including phenoxy) is 2. The second-order valence-corrected chi connectivity index (χ2v) is 4.83. The topological polar surface area (TPSA) is 108 Å². The molecule has 2 rings (SSSR count). The second kappa shape index (κ2) is 4.22. The molecular weight excluding hydrogens is 248 g/mol. The van der Waals surface area contributed by atoms with E-state index in [1.165, 1.54) is 12.1 Å². The Morgan fingerprint density at radius 2 is 1.82 bits per heavy atom. The number of fused-ring (bicyclic) bond motifs is 1. The maximum Gasteiger partial charge on any atom is 0.240 e. The molecule has 1 aromatic rings. The van der Waals surface area contributed by atoms with Crippen LogP contribution in [0.25, 0.3) is 0 Å². The third kappa shape index (κ3) is 2.32. The van der Waals surface area contributed by atoms with Crippen LogP contribution in [0.4, 0.5) is 5.69 Å². The summed E-state index contributed by atoms with van der Waals surface area (Å²) in [6.07, 6.45) is 0.361. The molecule has 1 heterocycles. The van der Waals surface area contributed by atoms with Gasteiger partial charge >= 0.3 is 0 Å².